The van der Waals surface area contributed by atoms with Crippen LogP contribution >= 0.6 is 0 Å². The minimum Gasteiger partial charge on any atom is -0.293 e. The molecule has 82 valence electrons. The third-order valence-electron chi connectivity index (χ3n) is 4.15. The number of nitrogens with one attached hydrogen (secondary N) is 1. The largest absolute Gasteiger partial charge is 0.293 e. The van der Waals surface area contributed by atoms with Crippen LogP contribution in [0.1, 0.15) is 26.7 Å². The summed E-state index contributed by atoms with van der Waals surface area (Å²) in [5.41, 5.74) is -3.78. The van der Waals surface area contributed by atoms with Crippen LogP contribution < -0.4 is 5.32 Å². The standard InChI is InChI=1S/C11H11N3O2/c1-3-4-9(2)10(5-12)7(15)14-8(16)11(9,10)6-13/h3-4H2,1-2H3,(H,14,15,16)/t9?,10-,11+. The van der Waals surface area contributed by atoms with E-state index in [4.69, 9.17) is 0 Å². The van der Waals surface area contributed by atoms with E-state index in [1.165, 1.54) is 0 Å². The Hall–Kier alpha value is -1.88. The van der Waals surface area contributed by atoms with Gasteiger partial charge in [0.2, 0.25) is 11.8 Å². The van der Waals surface area contributed by atoms with E-state index in [2.05, 4.69) is 5.32 Å². The summed E-state index contributed by atoms with van der Waals surface area (Å²) in [5, 5.41) is 20.5. The molecular weight excluding hydrogens is 206 g/mol. The number of piperidine rings is 1. The molecule has 1 aliphatic carbocycles. The lowest BCUT2D eigenvalue weighted by atomic mass is 9.88. The van der Waals surface area contributed by atoms with Crippen molar-refractivity contribution in [2.75, 3.05) is 0 Å². The number of imide groups is 1. The van der Waals surface area contributed by atoms with Crippen LogP contribution in [0.5, 0.6) is 0 Å². The van der Waals surface area contributed by atoms with E-state index in [0.29, 0.717) is 6.42 Å². The summed E-state index contributed by atoms with van der Waals surface area (Å²) in [6, 6.07) is 3.81. The van der Waals surface area contributed by atoms with Gasteiger partial charge in [-0.1, -0.05) is 20.3 Å². The Morgan fingerprint density at radius 2 is 1.62 bits per heavy atom. The van der Waals surface area contributed by atoms with Gasteiger partial charge in [0.05, 0.1) is 12.1 Å². The summed E-state index contributed by atoms with van der Waals surface area (Å²) in [6.07, 6.45) is 1.25. The fraction of sp³-hybridized carbons (Fsp3) is 0.636. The van der Waals surface area contributed by atoms with Crippen molar-refractivity contribution in [1.29, 1.82) is 10.5 Å². The van der Waals surface area contributed by atoms with Crippen molar-refractivity contribution in [2.24, 2.45) is 16.2 Å². The molecule has 1 N–H and O–H groups in total. The summed E-state index contributed by atoms with van der Waals surface area (Å²) in [5.74, 6) is -1.23. The maximum Gasteiger partial charge on any atom is 0.249 e. The van der Waals surface area contributed by atoms with E-state index in [0.717, 1.165) is 6.42 Å². The monoisotopic (exact) mass is 217 g/mol. The summed E-state index contributed by atoms with van der Waals surface area (Å²) >= 11 is 0. The van der Waals surface area contributed by atoms with Crippen LogP contribution in [-0.2, 0) is 9.59 Å². The van der Waals surface area contributed by atoms with E-state index in [1.807, 2.05) is 19.1 Å². The molecule has 1 aliphatic heterocycles. The van der Waals surface area contributed by atoms with Crippen molar-refractivity contribution in [2.45, 2.75) is 26.7 Å². The van der Waals surface area contributed by atoms with E-state index < -0.39 is 28.1 Å². The van der Waals surface area contributed by atoms with Gasteiger partial charge in [0.25, 0.3) is 0 Å². The van der Waals surface area contributed by atoms with Crippen molar-refractivity contribution >= 4 is 11.8 Å². The highest BCUT2D eigenvalue weighted by atomic mass is 16.2. The molecular formula is C11H11N3O2. The molecule has 2 aliphatic rings. The SMILES string of the molecule is CCCC1(C)[C@]2(C#N)C(=O)NC(=O)[C@]12C#N. The second kappa shape index (κ2) is 2.62. The number of fused-ring (bicyclic) bond motifs is 1. The predicted molar refractivity (Wildman–Crippen MR) is 52.3 cm³/mol. The van der Waals surface area contributed by atoms with E-state index in [-0.39, 0.29) is 0 Å². The van der Waals surface area contributed by atoms with Gasteiger partial charge in [0, 0.05) is 5.41 Å². The van der Waals surface area contributed by atoms with Crippen LogP contribution in [0.3, 0.4) is 0 Å². The molecule has 0 aromatic heterocycles. The number of amides is 2. The van der Waals surface area contributed by atoms with Crippen LogP contribution in [-0.4, -0.2) is 11.8 Å². The topological polar surface area (TPSA) is 93.8 Å². The van der Waals surface area contributed by atoms with Crippen LogP contribution in [0.4, 0.5) is 0 Å². The fourth-order valence-electron chi connectivity index (χ4n) is 3.31. The molecule has 0 aromatic carbocycles. The highest BCUT2D eigenvalue weighted by Gasteiger charge is 2.96. The smallest absolute Gasteiger partial charge is 0.249 e. The molecule has 0 bridgehead atoms. The van der Waals surface area contributed by atoms with Crippen LogP contribution in [0, 0.1) is 38.9 Å². The molecule has 1 saturated heterocycles. The molecule has 1 heterocycles. The van der Waals surface area contributed by atoms with Gasteiger partial charge in [-0.3, -0.25) is 14.9 Å². The summed E-state index contributed by atoms with van der Waals surface area (Å²) in [7, 11) is 0. The molecule has 16 heavy (non-hydrogen) atoms. The van der Waals surface area contributed by atoms with Gasteiger partial charge in [-0.05, 0) is 6.42 Å². The van der Waals surface area contributed by atoms with Crippen molar-refractivity contribution in [1.82, 2.24) is 5.32 Å². The molecule has 1 unspecified atom stereocenters. The number of hydrogen-bond acceptors (Lipinski definition) is 4. The van der Waals surface area contributed by atoms with Gasteiger partial charge in [0.15, 0.2) is 10.8 Å². The van der Waals surface area contributed by atoms with Gasteiger partial charge in [-0.25, -0.2) is 0 Å². The molecule has 2 rings (SSSR count). The maximum atomic E-state index is 11.7. The third-order valence-corrected chi connectivity index (χ3v) is 4.15. The number of carbonyl (C=O) groups is 2. The number of nitrogens with zero attached hydrogens (tertiary/aromatic N) is 2. The number of hydrogen-bond donors (Lipinski definition) is 1. The van der Waals surface area contributed by atoms with Crippen molar-refractivity contribution < 1.29 is 9.59 Å². The van der Waals surface area contributed by atoms with Crippen molar-refractivity contribution in [3.8, 4) is 12.1 Å². The van der Waals surface area contributed by atoms with E-state index in [1.54, 1.807) is 6.92 Å². The Morgan fingerprint density at radius 1 is 1.19 bits per heavy atom. The molecule has 2 fully saturated rings. The van der Waals surface area contributed by atoms with Crippen LogP contribution in [0.25, 0.3) is 0 Å². The Bertz CT molecular complexity index is 446. The first kappa shape index (κ1) is 10.6. The Morgan fingerprint density at radius 3 is 1.94 bits per heavy atom. The number of nitriles is 2. The molecule has 5 heteroatoms. The Labute approximate surface area is 93.0 Å². The predicted octanol–water partition coefficient (Wildman–Crippen LogP) is 0.483. The lowest BCUT2D eigenvalue weighted by molar-refractivity contribution is -0.130. The van der Waals surface area contributed by atoms with Gasteiger partial charge < -0.3 is 0 Å². The van der Waals surface area contributed by atoms with E-state index >= 15 is 0 Å². The minimum absolute atomic E-state index is 0.521. The molecule has 5 nitrogen and oxygen atoms in total. The Balaban J connectivity index is 2.64. The first-order valence-electron chi connectivity index (χ1n) is 5.17. The van der Waals surface area contributed by atoms with Gasteiger partial charge in [0.1, 0.15) is 0 Å². The first-order chi connectivity index (χ1) is 7.48. The zero-order valence-corrected chi connectivity index (χ0v) is 9.13. The summed E-state index contributed by atoms with van der Waals surface area (Å²) < 4.78 is 0. The fourth-order valence-corrected chi connectivity index (χ4v) is 3.31. The van der Waals surface area contributed by atoms with Gasteiger partial charge in [-0.15, -0.1) is 0 Å². The van der Waals surface area contributed by atoms with E-state index in [9.17, 15) is 20.1 Å². The highest BCUT2D eigenvalue weighted by molar-refractivity contribution is 6.19. The molecule has 0 aromatic rings. The molecule has 1 saturated carbocycles. The average molecular weight is 217 g/mol. The second-order valence-electron chi connectivity index (χ2n) is 4.59. The number of rotatable bonds is 2. The summed E-state index contributed by atoms with van der Waals surface area (Å²) in [6.45, 7) is 3.58. The molecule has 3 atom stereocenters. The highest BCUT2D eigenvalue weighted by Crippen LogP contribution is 2.81. The zero-order valence-electron chi connectivity index (χ0n) is 9.13. The van der Waals surface area contributed by atoms with Crippen molar-refractivity contribution in [3.05, 3.63) is 0 Å². The van der Waals surface area contributed by atoms with Gasteiger partial charge in [-0.2, -0.15) is 10.5 Å². The normalized spacial score (nSPS) is 44.2. The quantitative estimate of drug-likeness (QED) is 0.681. The summed E-state index contributed by atoms with van der Waals surface area (Å²) in [4.78, 5) is 23.5. The molecule has 0 spiro atoms. The van der Waals surface area contributed by atoms with Crippen molar-refractivity contribution in [3.63, 3.8) is 0 Å². The van der Waals surface area contributed by atoms with Crippen LogP contribution in [0.2, 0.25) is 0 Å². The van der Waals surface area contributed by atoms with Crippen LogP contribution in [0.15, 0.2) is 0 Å². The average Bonchev–Trinajstić information content (AvgIpc) is 2.61. The Kier molecular flexibility index (Phi) is 1.74. The first-order valence-corrected chi connectivity index (χ1v) is 5.17. The molecule has 0 radical (unpaired) electrons. The minimum atomic E-state index is -1.47. The number of carbonyl (C=O) groups excluding carboxylic acids is 2. The zero-order chi connectivity index (χ0) is 12.2. The molecule has 2 amide bonds. The van der Waals surface area contributed by atoms with Gasteiger partial charge >= 0.3 is 0 Å². The second-order valence-corrected chi connectivity index (χ2v) is 4.59. The third kappa shape index (κ3) is 0.621. The maximum absolute atomic E-state index is 11.7. The lowest BCUT2D eigenvalue weighted by Crippen LogP contribution is -2.36. The lowest BCUT2D eigenvalue weighted by Gasteiger charge is -2.16.